The van der Waals surface area contributed by atoms with Crippen molar-refractivity contribution in [2.24, 2.45) is 0 Å². The topological polar surface area (TPSA) is 21.7 Å². The summed E-state index contributed by atoms with van der Waals surface area (Å²) in [4.78, 5) is 5.62. The van der Waals surface area contributed by atoms with Gasteiger partial charge in [0.15, 0.2) is 11.5 Å². The monoisotopic (exact) mass is 315 g/mol. The Balaban J connectivity index is 1.77. The van der Waals surface area contributed by atoms with Gasteiger partial charge >= 0.3 is 0 Å². The van der Waals surface area contributed by atoms with E-state index in [-0.39, 0.29) is 0 Å². The standard InChI is InChI=1S/C18H21NO2S/c1-11-8-13-15-9-12-4-5-16(20-2)18(21-3)14(12)10-19(15)7-6-17(13)22-11/h4-5,8,15H,6-7,9-10H2,1-3H3/t15-/m0/s1. The van der Waals surface area contributed by atoms with E-state index in [1.807, 2.05) is 17.4 Å². The van der Waals surface area contributed by atoms with E-state index in [1.165, 1.54) is 22.4 Å². The van der Waals surface area contributed by atoms with Gasteiger partial charge in [-0.15, -0.1) is 11.3 Å². The highest BCUT2D eigenvalue weighted by molar-refractivity contribution is 7.12. The van der Waals surface area contributed by atoms with Crippen molar-refractivity contribution in [1.82, 2.24) is 4.90 Å². The lowest BCUT2D eigenvalue weighted by atomic mass is 9.86. The quantitative estimate of drug-likeness (QED) is 0.843. The zero-order valence-corrected chi connectivity index (χ0v) is 14.1. The van der Waals surface area contributed by atoms with E-state index >= 15 is 0 Å². The average Bonchev–Trinajstić information content (AvgIpc) is 2.92. The number of thiophene rings is 1. The first-order valence-electron chi connectivity index (χ1n) is 7.77. The van der Waals surface area contributed by atoms with Gasteiger partial charge in [0.25, 0.3) is 0 Å². The molecule has 0 radical (unpaired) electrons. The third-order valence-electron chi connectivity index (χ3n) is 4.91. The van der Waals surface area contributed by atoms with Crippen molar-refractivity contribution in [3.05, 3.63) is 44.6 Å². The summed E-state index contributed by atoms with van der Waals surface area (Å²) in [7, 11) is 3.44. The minimum absolute atomic E-state index is 0.527. The molecule has 0 spiro atoms. The number of fused-ring (bicyclic) bond motifs is 4. The summed E-state index contributed by atoms with van der Waals surface area (Å²) in [5.41, 5.74) is 4.25. The van der Waals surface area contributed by atoms with Crippen LogP contribution >= 0.6 is 11.3 Å². The molecule has 0 unspecified atom stereocenters. The number of aryl methyl sites for hydroxylation is 1. The molecule has 1 atom stereocenters. The minimum atomic E-state index is 0.527. The lowest BCUT2D eigenvalue weighted by Gasteiger charge is -2.40. The molecule has 4 heteroatoms. The van der Waals surface area contributed by atoms with Crippen LogP contribution in [0, 0.1) is 6.92 Å². The van der Waals surface area contributed by atoms with Gasteiger partial charge in [0.1, 0.15) is 0 Å². The number of hydrogen-bond donors (Lipinski definition) is 0. The first-order chi connectivity index (χ1) is 10.7. The maximum Gasteiger partial charge on any atom is 0.165 e. The molecule has 0 N–H and O–H groups in total. The minimum Gasteiger partial charge on any atom is -0.493 e. The Morgan fingerprint density at radius 3 is 2.86 bits per heavy atom. The van der Waals surface area contributed by atoms with Crippen LogP contribution in [-0.2, 0) is 19.4 Å². The van der Waals surface area contributed by atoms with Crippen LogP contribution < -0.4 is 9.47 Å². The molecule has 1 aromatic heterocycles. The fraction of sp³-hybridized carbons (Fsp3) is 0.444. The highest BCUT2D eigenvalue weighted by atomic mass is 32.1. The van der Waals surface area contributed by atoms with Crippen molar-refractivity contribution >= 4 is 11.3 Å². The zero-order valence-electron chi connectivity index (χ0n) is 13.3. The third-order valence-corrected chi connectivity index (χ3v) is 6.04. The Labute approximate surface area is 135 Å². The summed E-state index contributed by atoms with van der Waals surface area (Å²) in [6, 6.07) is 7.17. The van der Waals surface area contributed by atoms with Crippen molar-refractivity contribution in [2.75, 3.05) is 20.8 Å². The van der Waals surface area contributed by atoms with Gasteiger partial charge in [-0.05, 0) is 43.0 Å². The van der Waals surface area contributed by atoms with Crippen molar-refractivity contribution < 1.29 is 9.47 Å². The first kappa shape index (κ1) is 14.1. The van der Waals surface area contributed by atoms with Crippen LogP contribution in [0.4, 0.5) is 0 Å². The van der Waals surface area contributed by atoms with E-state index in [4.69, 9.17) is 9.47 Å². The molecule has 0 saturated heterocycles. The van der Waals surface area contributed by atoms with Crippen molar-refractivity contribution in [3.8, 4) is 11.5 Å². The molecule has 0 saturated carbocycles. The fourth-order valence-corrected chi connectivity index (χ4v) is 4.97. The highest BCUT2D eigenvalue weighted by Crippen LogP contribution is 2.45. The molecule has 0 bridgehead atoms. The first-order valence-corrected chi connectivity index (χ1v) is 8.59. The van der Waals surface area contributed by atoms with Gasteiger partial charge in [0.05, 0.1) is 14.2 Å². The molecule has 2 aliphatic rings. The van der Waals surface area contributed by atoms with Crippen molar-refractivity contribution in [1.29, 1.82) is 0 Å². The van der Waals surface area contributed by atoms with E-state index < -0.39 is 0 Å². The molecule has 0 fully saturated rings. The van der Waals surface area contributed by atoms with Gasteiger partial charge in [-0.3, -0.25) is 4.90 Å². The molecular weight excluding hydrogens is 294 g/mol. The average molecular weight is 315 g/mol. The second kappa shape index (κ2) is 5.28. The molecule has 2 aliphatic heterocycles. The number of methoxy groups -OCH3 is 2. The Morgan fingerprint density at radius 1 is 1.23 bits per heavy atom. The Morgan fingerprint density at radius 2 is 2.09 bits per heavy atom. The van der Waals surface area contributed by atoms with Crippen molar-refractivity contribution in [3.63, 3.8) is 0 Å². The molecule has 4 rings (SSSR count). The lowest BCUT2D eigenvalue weighted by Crippen LogP contribution is -2.38. The van der Waals surface area contributed by atoms with E-state index in [9.17, 15) is 0 Å². The molecule has 22 heavy (non-hydrogen) atoms. The van der Waals surface area contributed by atoms with Crippen LogP contribution in [0.5, 0.6) is 11.5 Å². The van der Waals surface area contributed by atoms with Gasteiger partial charge in [-0.2, -0.15) is 0 Å². The molecule has 3 heterocycles. The smallest absolute Gasteiger partial charge is 0.165 e. The van der Waals surface area contributed by atoms with E-state index in [1.54, 1.807) is 24.7 Å². The largest absolute Gasteiger partial charge is 0.493 e. The third kappa shape index (κ3) is 2.05. The number of hydrogen-bond acceptors (Lipinski definition) is 4. The maximum absolute atomic E-state index is 5.64. The summed E-state index contributed by atoms with van der Waals surface area (Å²) in [6.45, 7) is 4.31. The number of rotatable bonds is 2. The fourth-order valence-electron chi connectivity index (χ4n) is 3.89. The molecular formula is C18H21NO2S. The predicted octanol–water partition coefficient (Wildman–Crippen LogP) is 3.73. The zero-order chi connectivity index (χ0) is 15.3. The molecule has 2 aromatic rings. The maximum atomic E-state index is 5.64. The molecule has 116 valence electrons. The Hall–Kier alpha value is -1.52. The number of ether oxygens (including phenoxy) is 2. The predicted molar refractivity (Wildman–Crippen MR) is 89.2 cm³/mol. The summed E-state index contributed by atoms with van der Waals surface area (Å²) >= 11 is 1.97. The summed E-state index contributed by atoms with van der Waals surface area (Å²) in [5.74, 6) is 1.74. The van der Waals surface area contributed by atoms with E-state index in [0.717, 1.165) is 31.0 Å². The van der Waals surface area contributed by atoms with Gasteiger partial charge in [0, 0.05) is 34.4 Å². The van der Waals surface area contributed by atoms with Gasteiger partial charge < -0.3 is 9.47 Å². The Bertz CT molecular complexity index is 722. The lowest BCUT2D eigenvalue weighted by molar-refractivity contribution is 0.159. The second-order valence-corrected chi connectivity index (χ2v) is 7.46. The van der Waals surface area contributed by atoms with Gasteiger partial charge in [-0.25, -0.2) is 0 Å². The highest BCUT2D eigenvalue weighted by Gasteiger charge is 2.34. The molecule has 1 aromatic carbocycles. The SMILES string of the molecule is COc1ccc2c(c1OC)CN1CCc3sc(C)cc3[C@@H]1C2. The summed E-state index contributed by atoms with van der Waals surface area (Å²) in [5, 5.41) is 0. The van der Waals surface area contributed by atoms with Crippen LogP contribution in [0.25, 0.3) is 0 Å². The van der Waals surface area contributed by atoms with E-state index in [2.05, 4.69) is 24.0 Å². The molecule has 0 amide bonds. The van der Waals surface area contributed by atoms with Crippen LogP contribution in [0.15, 0.2) is 18.2 Å². The summed E-state index contributed by atoms with van der Waals surface area (Å²) < 4.78 is 11.1. The van der Waals surface area contributed by atoms with Gasteiger partial charge in [-0.1, -0.05) is 6.07 Å². The Kier molecular flexibility index (Phi) is 3.39. The van der Waals surface area contributed by atoms with Crippen molar-refractivity contribution in [2.45, 2.75) is 32.4 Å². The van der Waals surface area contributed by atoms with Gasteiger partial charge in [0.2, 0.25) is 0 Å². The van der Waals surface area contributed by atoms with Crippen LogP contribution in [0.1, 0.15) is 32.5 Å². The summed E-state index contributed by atoms with van der Waals surface area (Å²) in [6.07, 6.45) is 2.24. The second-order valence-electron chi connectivity index (χ2n) is 6.11. The van der Waals surface area contributed by atoms with E-state index in [0.29, 0.717) is 6.04 Å². The molecule has 0 aliphatic carbocycles. The molecule has 3 nitrogen and oxygen atoms in total. The van der Waals surface area contributed by atoms with Crippen LogP contribution in [0.3, 0.4) is 0 Å². The number of benzene rings is 1. The number of nitrogens with zero attached hydrogens (tertiary/aromatic N) is 1. The normalized spacial score (nSPS) is 20.0. The van der Waals surface area contributed by atoms with Crippen LogP contribution in [0.2, 0.25) is 0 Å². The van der Waals surface area contributed by atoms with Crippen LogP contribution in [-0.4, -0.2) is 25.7 Å².